The Labute approximate surface area is 140 Å². The van der Waals surface area contributed by atoms with Gasteiger partial charge in [0.15, 0.2) is 0 Å². The van der Waals surface area contributed by atoms with Crippen molar-refractivity contribution in [1.82, 2.24) is 0 Å². The summed E-state index contributed by atoms with van der Waals surface area (Å²) in [6.45, 7) is 0. The molecule has 4 heteroatoms. The van der Waals surface area contributed by atoms with Gasteiger partial charge in [-0.05, 0) is 0 Å². The van der Waals surface area contributed by atoms with Crippen LogP contribution in [0.3, 0.4) is 0 Å². The van der Waals surface area contributed by atoms with Gasteiger partial charge >= 0.3 is 117 Å². The van der Waals surface area contributed by atoms with Crippen LogP contribution < -0.4 is 24.8 Å². The van der Waals surface area contributed by atoms with Gasteiger partial charge in [0, 0.05) is 0 Å². The van der Waals surface area contributed by atoms with Crippen LogP contribution in [0, 0.1) is 0 Å². The zero-order valence-electron chi connectivity index (χ0n) is 9.54. The van der Waals surface area contributed by atoms with Crippen molar-refractivity contribution in [2.45, 2.75) is 10.0 Å². The van der Waals surface area contributed by atoms with Crippen LogP contribution in [0.1, 0.15) is 21.2 Å². The second kappa shape index (κ2) is 7.24. The molecular weight excluding hydrogens is 410 g/mol. The Kier molecular flexibility index (Phi) is 6.61. The van der Waals surface area contributed by atoms with Gasteiger partial charge in [0.05, 0.1) is 0 Å². The molecule has 0 spiro atoms. The third-order valence-corrected chi connectivity index (χ3v) is 8.76. The van der Waals surface area contributed by atoms with E-state index in [0.29, 0.717) is 3.63 Å². The third kappa shape index (κ3) is 3.28. The molecule has 92 valence electrons. The van der Waals surface area contributed by atoms with Crippen molar-refractivity contribution in [3.05, 3.63) is 61.4 Å². The van der Waals surface area contributed by atoms with E-state index in [0.717, 1.165) is 0 Å². The SMILES string of the molecule is BrC1=Cc2ccccc2[CH]1[Zr+2][C]1=CC=CC1.[Cl-].[Cl-]. The van der Waals surface area contributed by atoms with Gasteiger partial charge in [0.2, 0.25) is 0 Å². The van der Waals surface area contributed by atoms with E-state index in [4.69, 9.17) is 0 Å². The Bertz CT molecular complexity index is 520. The van der Waals surface area contributed by atoms with Crippen LogP contribution in [-0.4, -0.2) is 0 Å². The molecule has 1 aromatic rings. The summed E-state index contributed by atoms with van der Waals surface area (Å²) in [5.41, 5.74) is 2.95. The van der Waals surface area contributed by atoms with Crippen molar-refractivity contribution >= 4 is 22.0 Å². The first-order chi connectivity index (χ1) is 7.84. The van der Waals surface area contributed by atoms with E-state index in [1.54, 1.807) is 3.28 Å². The monoisotopic (exact) mass is 418 g/mol. The molecule has 0 saturated heterocycles. The van der Waals surface area contributed by atoms with Gasteiger partial charge in [0.1, 0.15) is 0 Å². The fourth-order valence-electron chi connectivity index (χ4n) is 2.17. The van der Waals surface area contributed by atoms with Crippen LogP contribution >= 0.6 is 15.9 Å². The van der Waals surface area contributed by atoms with Crippen LogP contribution in [0.2, 0.25) is 0 Å². The van der Waals surface area contributed by atoms with Crippen molar-refractivity contribution in [2.75, 3.05) is 0 Å². The molecule has 2 aliphatic rings. The molecule has 0 fully saturated rings. The maximum Gasteiger partial charge on any atom is -1.00 e. The molecule has 0 aromatic heterocycles. The van der Waals surface area contributed by atoms with Crippen molar-refractivity contribution in [2.24, 2.45) is 0 Å². The van der Waals surface area contributed by atoms with E-state index in [2.05, 4.69) is 64.5 Å². The topological polar surface area (TPSA) is 0 Å². The maximum atomic E-state index is 3.75. The maximum absolute atomic E-state index is 3.75. The molecule has 2 aliphatic carbocycles. The van der Waals surface area contributed by atoms with E-state index in [1.807, 2.05) is 0 Å². The van der Waals surface area contributed by atoms with E-state index in [-0.39, 0.29) is 24.8 Å². The van der Waals surface area contributed by atoms with Crippen LogP contribution in [0.5, 0.6) is 0 Å². The van der Waals surface area contributed by atoms with Crippen LogP contribution in [0.25, 0.3) is 6.08 Å². The largest absolute Gasteiger partial charge is 1.00 e. The Hall–Kier alpha value is 0.383. The summed E-state index contributed by atoms with van der Waals surface area (Å²) in [6, 6.07) is 8.79. The normalized spacial score (nSPS) is 19.1. The smallest absolute Gasteiger partial charge is 1.00 e. The van der Waals surface area contributed by atoms with Gasteiger partial charge in [-0.15, -0.1) is 0 Å². The first-order valence-electron chi connectivity index (χ1n) is 5.43. The average molecular weight is 421 g/mol. The molecule has 0 nitrogen and oxygen atoms in total. The second-order valence-corrected chi connectivity index (χ2v) is 8.68. The summed E-state index contributed by atoms with van der Waals surface area (Å²) in [7, 11) is 0. The molecule has 0 saturated carbocycles. The summed E-state index contributed by atoms with van der Waals surface area (Å²) in [5, 5.41) is 0. The van der Waals surface area contributed by atoms with Crippen molar-refractivity contribution in [1.29, 1.82) is 0 Å². The summed E-state index contributed by atoms with van der Waals surface area (Å²) >= 11 is 3.24. The molecule has 0 heterocycles. The molecule has 0 N–H and O–H groups in total. The molecule has 0 aliphatic heterocycles. The minimum atomic E-state index is -0.511. The average Bonchev–Trinajstić information content (AvgIpc) is 2.89. The Morgan fingerprint density at radius 2 is 1.94 bits per heavy atom. The molecular formula is C14H11BrCl2Zr. The van der Waals surface area contributed by atoms with E-state index in [1.165, 1.54) is 22.0 Å². The van der Waals surface area contributed by atoms with Crippen LogP contribution in [0.4, 0.5) is 0 Å². The fraction of sp³-hybridized carbons (Fsp3) is 0.143. The minimum absolute atomic E-state index is 0. The molecule has 0 bridgehead atoms. The van der Waals surface area contributed by atoms with Gasteiger partial charge in [-0.25, -0.2) is 0 Å². The van der Waals surface area contributed by atoms with Gasteiger partial charge in [-0.2, -0.15) is 0 Å². The molecule has 3 rings (SSSR count). The predicted molar refractivity (Wildman–Crippen MR) is 67.9 cm³/mol. The standard InChI is InChI=1S/C9H6Br.C5H5.2ClH.Zr/c10-9-5-7-3-1-2-4-8(7)6-9;1-2-4-5-3-1;;;/h1-6H;1-3H,4H2;2*1H;/q;;;;+2/p-2. The summed E-state index contributed by atoms with van der Waals surface area (Å²) in [5.74, 6) is 0. The van der Waals surface area contributed by atoms with Gasteiger partial charge < -0.3 is 24.8 Å². The minimum Gasteiger partial charge on any atom is -1.00 e. The zero-order chi connectivity index (χ0) is 11.0. The number of hydrogen-bond donors (Lipinski definition) is 0. The first-order valence-corrected chi connectivity index (χ1v) is 8.87. The molecule has 1 unspecified atom stereocenters. The Morgan fingerprint density at radius 3 is 2.67 bits per heavy atom. The summed E-state index contributed by atoms with van der Waals surface area (Å²) in [4.78, 5) is 0. The van der Waals surface area contributed by atoms with E-state index in [9.17, 15) is 0 Å². The third-order valence-electron chi connectivity index (χ3n) is 2.98. The zero-order valence-corrected chi connectivity index (χ0v) is 15.1. The number of allylic oxidation sites excluding steroid dienone is 5. The predicted octanol–water partition coefficient (Wildman–Crippen LogP) is -1.59. The Balaban J connectivity index is 0.000000810. The van der Waals surface area contributed by atoms with Gasteiger partial charge in [-0.3, -0.25) is 0 Å². The second-order valence-electron chi connectivity index (χ2n) is 4.06. The molecule has 18 heavy (non-hydrogen) atoms. The van der Waals surface area contributed by atoms with Crippen molar-refractivity contribution in [3.8, 4) is 0 Å². The van der Waals surface area contributed by atoms with Crippen molar-refractivity contribution < 1.29 is 48.0 Å². The number of halogens is 3. The Morgan fingerprint density at radius 1 is 1.17 bits per heavy atom. The molecule has 1 atom stereocenters. The summed E-state index contributed by atoms with van der Waals surface area (Å²) in [6.07, 6.45) is 10.3. The van der Waals surface area contributed by atoms with Crippen LogP contribution in [-0.2, 0) is 23.2 Å². The first kappa shape index (κ1) is 16.4. The quantitative estimate of drug-likeness (QED) is 0.541. The van der Waals surface area contributed by atoms with Crippen LogP contribution in [0.15, 0.2) is 50.3 Å². The molecule has 0 amide bonds. The molecule has 1 aromatic carbocycles. The van der Waals surface area contributed by atoms with Gasteiger partial charge in [0.25, 0.3) is 0 Å². The van der Waals surface area contributed by atoms with Gasteiger partial charge in [-0.1, -0.05) is 0 Å². The summed E-state index contributed by atoms with van der Waals surface area (Å²) < 4.78 is 3.80. The fourth-order valence-corrected chi connectivity index (χ4v) is 6.88. The number of fused-ring (bicyclic) bond motifs is 1. The number of rotatable bonds is 2. The number of benzene rings is 1. The van der Waals surface area contributed by atoms with E-state index >= 15 is 0 Å². The van der Waals surface area contributed by atoms with Crippen molar-refractivity contribution in [3.63, 3.8) is 0 Å². The molecule has 0 radical (unpaired) electrons. The van der Waals surface area contributed by atoms with E-state index < -0.39 is 23.2 Å². The number of hydrogen-bond acceptors (Lipinski definition) is 0.